The molecule has 1 N–H and O–H groups in total. The number of anilines is 1. The van der Waals surface area contributed by atoms with Crippen LogP contribution >= 0.6 is 0 Å². The predicted molar refractivity (Wildman–Crippen MR) is 103 cm³/mol. The first-order chi connectivity index (χ1) is 13.7. The van der Waals surface area contributed by atoms with Gasteiger partial charge in [0, 0.05) is 25.5 Å². The van der Waals surface area contributed by atoms with E-state index in [4.69, 9.17) is 4.74 Å². The maximum Gasteiger partial charge on any atom is 0.354 e. The van der Waals surface area contributed by atoms with Crippen LogP contribution in [-0.4, -0.2) is 48.4 Å². The van der Waals surface area contributed by atoms with Crippen LogP contribution in [0.2, 0.25) is 0 Å². The third-order valence-corrected chi connectivity index (χ3v) is 6.54. The van der Waals surface area contributed by atoms with Gasteiger partial charge in [0.1, 0.15) is 22.4 Å². The molecule has 8 nitrogen and oxygen atoms in total. The van der Waals surface area contributed by atoms with Gasteiger partial charge in [0.15, 0.2) is 0 Å². The third kappa shape index (κ3) is 4.33. The largest absolute Gasteiger partial charge is 0.461 e. The summed E-state index contributed by atoms with van der Waals surface area (Å²) in [5.41, 5.74) is 0.356. The van der Waals surface area contributed by atoms with Crippen molar-refractivity contribution in [2.45, 2.75) is 30.7 Å². The first-order valence-corrected chi connectivity index (χ1v) is 10.6. The Morgan fingerprint density at radius 3 is 2.76 bits per heavy atom. The number of benzene rings is 1. The van der Waals surface area contributed by atoms with Crippen molar-refractivity contribution in [1.29, 1.82) is 0 Å². The van der Waals surface area contributed by atoms with Crippen molar-refractivity contribution in [2.24, 2.45) is 7.05 Å². The van der Waals surface area contributed by atoms with Gasteiger partial charge in [-0.2, -0.15) is 4.31 Å². The SMILES string of the molecule is CCOC(=O)c1cc(S(=O)(=O)N2CCCC2C(=O)Nc2cccc(F)c2)cn1C. The maximum absolute atomic E-state index is 13.3. The van der Waals surface area contributed by atoms with Crippen LogP contribution in [0.5, 0.6) is 0 Å². The predicted octanol–water partition coefficient (Wildman–Crippen LogP) is 2.13. The molecule has 3 rings (SSSR count). The number of ether oxygens (including phenoxy) is 1. The monoisotopic (exact) mass is 423 g/mol. The van der Waals surface area contributed by atoms with Crippen LogP contribution in [0, 0.1) is 5.82 Å². The summed E-state index contributed by atoms with van der Waals surface area (Å²) in [6.07, 6.45) is 2.18. The quantitative estimate of drug-likeness (QED) is 0.718. The number of aryl methyl sites for hydroxylation is 1. The molecule has 1 aromatic carbocycles. The van der Waals surface area contributed by atoms with Crippen molar-refractivity contribution < 1.29 is 27.1 Å². The number of aromatic nitrogens is 1. The van der Waals surface area contributed by atoms with E-state index >= 15 is 0 Å². The Morgan fingerprint density at radius 1 is 1.31 bits per heavy atom. The molecule has 29 heavy (non-hydrogen) atoms. The Bertz CT molecular complexity index is 1030. The van der Waals surface area contributed by atoms with E-state index in [0.717, 1.165) is 10.4 Å². The second-order valence-electron chi connectivity index (χ2n) is 6.67. The Balaban J connectivity index is 1.83. The van der Waals surface area contributed by atoms with E-state index in [1.807, 2.05) is 0 Å². The molecule has 1 aromatic heterocycles. The summed E-state index contributed by atoms with van der Waals surface area (Å²) in [6, 6.07) is 5.71. The molecule has 0 saturated carbocycles. The molecule has 2 heterocycles. The molecule has 0 aliphatic carbocycles. The van der Waals surface area contributed by atoms with Gasteiger partial charge >= 0.3 is 5.97 Å². The summed E-state index contributed by atoms with van der Waals surface area (Å²) in [5, 5.41) is 2.57. The summed E-state index contributed by atoms with van der Waals surface area (Å²) < 4.78 is 47.0. The lowest BCUT2D eigenvalue weighted by Gasteiger charge is -2.22. The van der Waals surface area contributed by atoms with E-state index in [-0.39, 0.29) is 29.4 Å². The molecule has 2 aromatic rings. The molecular formula is C19H22FN3O5S. The number of esters is 1. The first-order valence-electron chi connectivity index (χ1n) is 9.15. The minimum atomic E-state index is -4.01. The fourth-order valence-corrected chi connectivity index (χ4v) is 5.03. The molecule has 1 fully saturated rings. The maximum atomic E-state index is 13.3. The van der Waals surface area contributed by atoms with Crippen LogP contribution in [0.4, 0.5) is 10.1 Å². The highest BCUT2D eigenvalue weighted by molar-refractivity contribution is 7.89. The van der Waals surface area contributed by atoms with E-state index in [2.05, 4.69) is 5.32 Å². The molecule has 1 amide bonds. The van der Waals surface area contributed by atoms with Gasteiger partial charge in [-0.25, -0.2) is 17.6 Å². The van der Waals surface area contributed by atoms with Crippen molar-refractivity contribution in [3.8, 4) is 0 Å². The fraction of sp³-hybridized carbons (Fsp3) is 0.368. The molecule has 1 atom stereocenters. The standard InChI is InChI=1S/C19H22FN3O5S/c1-3-28-19(25)17-11-15(12-22(17)2)29(26,27)23-9-5-8-16(23)18(24)21-14-7-4-6-13(20)10-14/h4,6-7,10-12,16H,3,5,8-9H2,1-2H3,(H,21,24). The average Bonchev–Trinajstić information content (AvgIpc) is 3.29. The second kappa shape index (κ2) is 8.34. The minimum absolute atomic E-state index is 0.0893. The lowest BCUT2D eigenvalue weighted by atomic mass is 10.2. The Hall–Kier alpha value is -2.72. The van der Waals surface area contributed by atoms with Gasteiger partial charge in [0.2, 0.25) is 15.9 Å². The Kier molecular flexibility index (Phi) is 6.04. The highest BCUT2D eigenvalue weighted by atomic mass is 32.2. The third-order valence-electron chi connectivity index (χ3n) is 4.67. The molecule has 156 valence electrons. The lowest BCUT2D eigenvalue weighted by molar-refractivity contribution is -0.119. The molecule has 1 aliphatic rings. The number of carbonyl (C=O) groups excluding carboxylic acids is 2. The van der Waals surface area contributed by atoms with E-state index in [1.54, 1.807) is 14.0 Å². The number of nitrogens with zero attached hydrogens (tertiary/aromatic N) is 2. The number of amides is 1. The second-order valence-corrected chi connectivity index (χ2v) is 8.56. The number of hydrogen-bond donors (Lipinski definition) is 1. The number of halogens is 1. The zero-order valence-corrected chi connectivity index (χ0v) is 16.9. The molecule has 1 unspecified atom stereocenters. The zero-order chi connectivity index (χ0) is 21.2. The summed E-state index contributed by atoms with van der Waals surface area (Å²) in [7, 11) is -2.47. The topological polar surface area (TPSA) is 97.7 Å². The Labute approximate surface area is 168 Å². The molecule has 1 aliphatic heterocycles. The zero-order valence-electron chi connectivity index (χ0n) is 16.1. The summed E-state index contributed by atoms with van der Waals surface area (Å²) in [6.45, 7) is 2.00. The van der Waals surface area contributed by atoms with E-state index < -0.39 is 33.8 Å². The van der Waals surface area contributed by atoms with Crippen LogP contribution in [0.1, 0.15) is 30.3 Å². The van der Waals surface area contributed by atoms with E-state index in [9.17, 15) is 22.4 Å². The number of nitrogens with one attached hydrogen (secondary N) is 1. The first kappa shape index (κ1) is 21.0. The highest BCUT2D eigenvalue weighted by Crippen LogP contribution is 2.28. The molecular weight excluding hydrogens is 401 g/mol. The number of carbonyl (C=O) groups is 2. The summed E-state index contributed by atoms with van der Waals surface area (Å²) in [4.78, 5) is 24.6. The van der Waals surface area contributed by atoms with Gasteiger partial charge in [-0.15, -0.1) is 0 Å². The summed E-state index contributed by atoms with van der Waals surface area (Å²) in [5.74, 6) is -1.66. The van der Waals surface area contributed by atoms with Gasteiger partial charge in [-0.3, -0.25) is 4.79 Å². The Morgan fingerprint density at radius 2 is 2.07 bits per heavy atom. The number of sulfonamides is 1. The van der Waals surface area contributed by atoms with Crippen LogP contribution in [0.3, 0.4) is 0 Å². The highest BCUT2D eigenvalue weighted by Gasteiger charge is 2.40. The van der Waals surface area contributed by atoms with Crippen molar-refractivity contribution in [1.82, 2.24) is 8.87 Å². The normalized spacial score (nSPS) is 17.3. The summed E-state index contributed by atoms with van der Waals surface area (Å²) >= 11 is 0. The van der Waals surface area contributed by atoms with E-state index in [0.29, 0.717) is 12.8 Å². The number of rotatable bonds is 6. The average molecular weight is 423 g/mol. The van der Waals surface area contributed by atoms with E-state index in [1.165, 1.54) is 35.0 Å². The van der Waals surface area contributed by atoms with Crippen LogP contribution in [-0.2, 0) is 26.6 Å². The molecule has 1 saturated heterocycles. The van der Waals surface area contributed by atoms with Crippen LogP contribution < -0.4 is 5.32 Å². The lowest BCUT2D eigenvalue weighted by Crippen LogP contribution is -2.43. The van der Waals surface area contributed by atoms with Gasteiger partial charge in [0.25, 0.3) is 0 Å². The molecule has 10 heteroatoms. The van der Waals surface area contributed by atoms with Gasteiger partial charge in [-0.1, -0.05) is 6.07 Å². The van der Waals surface area contributed by atoms with Gasteiger partial charge < -0.3 is 14.6 Å². The van der Waals surface area contributed by atoms with Gasteiger partial charge in [-0.05, 0) is 44.0 Å². The fourth-order valence-electron chi connectivity index (χ4n) is 3.30. The van der Waals surface area contributed by atoms with Crippen molar-refractivity contribution >= 4 is 27.6 Å². The smallest absolute Gasteiger partial charge is 0.354 e. The van der Waals surface area contributed by atoms with Crippen molar-refractivity contribution in [3.05, 3.63) is 48.0 Å². The minimum Gasteiger partial charge on any atom is -0.461 e. The van der Waals surface area contributed by atoms with Crippen molar-refractivity contribution in [3.63, 3.8) is 0 Å². The van der Waals surface area contributed by atoms with Crippen LogP contribution in [0.15, 0.2) is 41.4 Å². The molecule has 0 radical (unpaired) electrons. The molecule has 0 spiro atoms. The van der Waals surface area contributed by atoms with Gasteiger partial charge in [0.05, 0.1) is 6.61 Å². The number of hydrogen-bond acceptors (Lipinski definition) is 5. The van der Waals surface area contributed by atoms with Crippen LogP contribution in [0.25, 0.3) is 0 Å². The molecule has 0 bridgehead atoms. The van der Waals surface area contributed by atoms with Crippen molar-refractivity contribution in [2.75, 3.05) is 18.5 Å².